The van der Waals surface area contributed by atoms with Gasteiger partial charge < -0.3 is 10.6 Å². The van der Waals surface area contributed by atoms with Crippen LogP contribution in [0.25, 0.3) is 0 Å². The van der Waals surface area contributed by atoms with Crippen LogP contribution in [0.3, 0.4) is 0 Å². The number of nitrogens with zero attached hydrogens (tertiary/aromatic N) is 3. The van der Waals surface area contributed by atoms with Crippen molar-refractivity contribution in [3.8, 4) is 0 Å². The molecule has 8 nitrogen and oxygen atoms in total. The van der Waals surface area contributed by atoms with E-state index >= 15 is 0 Å². The molecule has 0 saturated carbocycles. The summed E-state index contributed by atoms with van der Waals surface area (Å²) in [6.07, 6.45) is 0. The molecule has 2 amide bonds. The molecule has 0 atom stereocenters. The van der Waals surface area contributed by atoms with Crippen molar-refractivity contribution in [2.45, 2.75) is 6.92 Å². The smallest absolute Gasteiger partial charge is 0.297 e. The predicted molar refractivity (Wildman–Crippen MR) is 62.8 cm³/mol. The van der Waals surface area contributed by atoms with Crippen molar-refractivity contribution in [1.29, 1.82) is 0 Å². The van der Waals surface area contributed by atoms with Crippen LogP contribution in [0.1, 0.15) is 17.5 Å². The fourth-order valence-electron chi connectivity index (χ4n) is 1.34. The summed E-state index contributed by atoms with van der Waals surface area (Å²) in [4.78, 5) is 22.5. The second-order valence-electron chi connectivity index (χ2n) is 3.57. The van der Waals surface area contributed by atoms with Crippen molar-refractivity contribution in [1.82, 2.24) is 20.6 Å². The standard InChI is InChI=1S/C10H9FN6O2/c1-5(18)12-6-2-3-7(11)8(4-6)13-10(19)9-14-16-17-15-9/h2-4H,1H3,(H,12,18)(H,13,19)(H,14,15,16,17). The van der Waals surface area contributed by atoms with Gasteiger partial charge in [-0.1, -0.05) is 0 Å². The lowest BCUT2D eigenvalue weighted by molar-refractivity contribution is -0.114. The fraction of sp³-hybridized carbons (Fsp3) is 0.100. The molecule has 98 valence electrons. The quantitative estimate of drug-likeness (QED) is 0.749. The molecule has 0 aliphatic rings. The summed E-state index contributed by atoms with van der Waals surface area (Å²) >= 11 is 0. The first-order valence-corrected chi connectivity index (χ1v) is 5.18. The zero-order valence-electron chi connectivity index (χ0n) is 9.77. The van der Waals surface area contributed by atoms with E-state index in [9.17, 15) is 14.0 Å². The lowest BCUT2D eigenvalue weighted by Gasteiger charge is -2.07. The highest BCUT2D eigenvalue weighted by Crippen LogP contribution is 2.20. The number of anilines is 2. The Morgan fingerprint density at radius 1 is 1.32 bits per heavy atom. The molecule has 9 heteroatoms. The molecule has 2 aromatic rings. The summed E-state index contributed by atoms with van der Waals surface area (Å²) in [6, 6.07) is 3.78. The molecule has 0 unspecified atom stereocenters. The summed E-state index contributed by atoms with van der Waals surface area (Å²) in [6.45, 7) is 1.32. The molecule has 1 aromatic heterocycles. The van der Waals surface area contributed by atoms with E-state index in [4.69, 9.17) is 0 Å². The Kier molecular flexibility index (Phi) is 3.46. The number of halogens is 1. The average molecular weight is 264 g/mol. The average Bonchev–Trinajstić information content (AvgIpc) is 2.86. The number of carbonyl (C=O) groups excluding carboxylic acids is 2. The summed E-state index contributed by atoms with van der Waals surface area (Å²) in [5, 5.41) is 17.0. The highest BCUT2D eigenvalue weighted by Gasteiger charge is 2.13. The largest absolute Gasteiger partial charge is 0.326 e. The van der Waals surface area contributed by atoms with Crippen LogP contribution in [0.5, 0.6) is 0 Å². The number of aromatic amines is 1. The molecule has 0 fully saturated rings. The predicted octanol–water partition coefficient (Wildman–Crippen LogP) is 0.549. The van der Waals surface area contributed by atoms with Gasteiger partial charge in [-0.05, 0) is 23.4 Å². The van der Waals surface area contributed by atoms with E-state index in [1.54, 1.807) is 0 Å². The molecule has 3 N–H and O–H groups in total. The molecule has 1 aromatic carbocycles. The van der Waals surface area contributed by atoms with Gasteiger partial charge in [-0.25, -0.2) is 4.39 Å². The number of hydrogen-bond acceptors (Lipinski definition) is 5. The summed E-state index contributed by atoms with van der Waals surface area (Å²) in [7, 11) is 0. The molecule has 0 aliphatic heterocycles. The number of benzene rings is 1. The third kappa shape index (κ3) is 3.09. The molecule has 0 aliphatic carbocycles. The Bertz CT molecular complexity index is 612. The number of tetrazole rings is 1. The maximum Gasteiger partial charge on any atom is 0.297 e. The SMILES string of the molecule is CC(=O)Nc1ccc(F)c(NC(=O)c2nn[nH]n2)c1. The fourth-order valence-corrected chi connectivity index (χ4v) is 1.34. The molecular formula is C10H9FN6O2. The number of nitrogens with one attached hydrogen (secondary N) is 3. The van der Waals surface area contributed by atoms with E-state index < -0.39 is 11.7 Å². The van der Waals surface area contributed by atoms with Gasteiger partial charge in [-0.15, -0.1) is 10.2 Å². The Morgan fingerprint density at radius 2 is 2.11 bits per heavy atom. The van der Waals surface area contributed by atoms with Gasteiger partial charge in [-0.2, -0.15) is 5.21 Å². The Balaban J connectivity index is 2.19. The number of amides is 2. The molecule has 0 bridgehead atoms. The van der Waals surface area contributed by atoms with Gasteiger partial charge in [0.1, 0.15) is 5.82 Å². The summed E-state index contributed by atoms with van der Waals surface area (Å²) < 4.78 is 13.5. The maximum absolute atomic E-state index is 13.5. The van der Waals surface area contributed by atoms with Gasteiger partial charge in [0.05, 0.1) is 5.69 Å². The van der Waals surface area contributed by atoms with Crippen molar-refractivity contribution in [2.24, 2.45) is 0 Å². The monoisotopic (exact) mass is 264 g/mol. The lowest BCUT2D eigenvalue weighted by atomic mass is 10.2. The number of carbonyl (C=O) groups is 2. The van der Waals surface area contributed by atoms with E-state index in [2.05, 4.69) is 31.3 Å². The Labute approximate surface area is 106 Å². The Hall–Kier alpha value is -2.84. The summed E-state index contributed by atoms with van der Waals surface area (Å²) in [5.41, 5.74) is 0.262. The second-order valence-corrected chi connectivity index (χ2v) is 3.57. The molecule has 0 saturated heterocycles. The van der Waals surface area contributed by atoms with E-state index in [1.165, 1.54) is 19.1 Å². The number of aromatic nitrogens is 4. The molecule has 19 heavy (non-hydrogen) atoms. The number of rotatable bonds is 3. The van der Waals surface area contributed by atoms with E-state index in [-0.39, 0.29) is 17.4 Å². The normalized spacial score (nSPS) is 10.0. The van der Waals surface area contributed by atoms with E-state index in [0.717, 1.165) is 6.07 Å². The van der Waals surface area contributed by atoms with Crippen LogP contribution in [0.15, 0.2) is 18.2 Å². The minimum absolute atomic E-state index is 0.0962. The molecular weight excluding hydrogens is 255 g/mol. The molecule has 1 heterocycles. The second kappa shape index (κ2) is 5.21. The van der Waals surface area contributed by atoms with Crippen LogP contribution in [-0.4, -0.2) is 32.4 Å². The van der Waals surface area contributed by atoms with Crippen LogP contribution in [0.2, 0.25) is 0 Å². The van der Waals surface area contributed by atoms with Gasteiger partial charge in [0.25, 0.3) is 11.7 Å². The topological polar surface area (TPSA) is 113 Å². The highest BCUT2D eigenvalue weighted by atomic mass is 19.1. The van der Waals surface area contributed by atoms with Gasteiger partial charge >= 0.3 is 0 Å². The number of H-pyrrole nitrogens is 1. The minimum atomic E-state index is -0.715. The zero-order valence-corrected chi connectivity index (χ0v) is 9.77. The first kappa shape index (κ1) is 12.6. The van der Waals surface area contributed by atoms with Crippen LogP contribution in [-0.2, 0) is 4.79 Å². The van der Waals surface area contributed by atoms with Crippen molar-refractivity contribution in [3.05, 3.63) is 29.8 Å². The third-order valence-electron chi connectivity index (χ3n) is 2.08. The first-order chi connectivity index (χ1) is 9.06. The van der Waals surface area contributed by atoms with Gasteiger partial charge in [-0.3, -0.25) is 9.59 Å². The number of hydrogen-bond donors (Lipinski definition) is 3. The first-order valence-electron chi connectivity index (χ1n) is 5.18. The van der Waals surface area contributed by atoms with Gasteiger partial charge in [0.2, 0.25) is 5.91 Å². The highest BCUT2D eigenvalue weighted by molar-refractivity contribution is 6.02. The van der Waals surface area contributed by atoms with Crippen LogP contribution in [0, 0.1) is 5.82 Å². The van der Waals surface area contributed by atoms with E-state index in [1.807, 2.05) is 0 Å². The van der Waals surface area contributed by atoms with Crippen LogP contribution < -0.4 is 10.6 Å². The Morgan fingerprint density at radius 3 is 2.74 bits per heavy atom. The zero-order chi connectivity index (χ0) is 13.8. The lowest BCUT2D eigenvalue weighted by Crippen LogP contribution is -2.15. The summed E-state index contributed by atoms with van der Waals surface area (Å²) in [5.74, 6) is -1.88. The molecule has 0 radical (unpaired) electrons. The van der Waals surface area contributed by atoms with Crippen molar-refractivity contribution >= 4 is 23.2 Å². The van der Waals surface area contributed by atoms with Gasteiger partial charge in [0.15, 0.2) is 0 Å². The van der Waals surface area contributed by atoms with Gasteiger partial charge in [0, 0.05) is 12.6 Å². The van der Waals surface area contributed by atoms with E-state index in [0.29, 0.717) is 5.69 Å². The van der Waals surface area contributed by atoms with Crippen LogP contribution in [0.4, 0.5) is 15.8 Å². The van der Waals surface area contributed by atoms with Crippen LogP contribution >= 0.6 is 0 Å². The third-order valence-corrected chi connectivity index (χ3v) is 2.08. The minimum Gasteiger partial charge on any atom is -0.326 e. The molecule has 2 rings (SSSR count). The van der Waals surface area contributed by atoms with Crippen molar-refractivity contribution < 1.29 is 14.0 Å². The van der Waals surface area contributed by atoms with Crippen molar-refractivity contribution in [3.63, 3.8) is 0 Å². The molecule has 0 spiro atoms. The maximum atomic E-state index is 13.5. The van der Waals surface area contributed by atoms with Crippen molar-refractivity contribution in [2.75, 3.05) is 10.6 Å².